The molecule has 0 saturated heterocycles. The van der Waals surface area contributed by atoms with Crippen LogP contribution in [0.25, 0.3) is 0 Å². The number of halogens is 3. The highest BCUT2D eigenvalue weighted by Crippen LogP contribution is 2.28. The lowest BCUT2D eigenvalue weighted by Gasteiger charge is -2.10. The number of nitro groups is 1. The van der Waals surface area contributed by atoms with Crippen LogP contribution in [0.1, 0.15) is 11.1 Å². The van der Waals surface area contributed by atoms with Crippen molar-refractivity contribution in [2.24, 2.45) is 0 Å². The summed E-state index contributed by atoms with van der Waals surface area (Å²) >= 11 is 0. The predicted octanol–water partition coefficient (Wildman–Crippen LogP) is 3.40. The Labute approximate surface area is 140 Å². The van der Waals surface area contributed by atoms with Crippen LogP contribution < -0.4 is 10.6 Å². The molecule has 1 aromatic heterocycles. The fourth-order valence-electron chi connectivity index (χ4n) is 1.95. The lowest BCUT2D eigenvalue weighted by molar-refractivity contribution is -0.384. The van der Waals surface area contributed by atoms with Crippen molar-refractivity contribution >= 4 is 17.2 Å². The molecule has 0 amide bonds. The highest BCUT2D eigenvalue weighted by Gasteiger charge is 2.30. The smallest absolute Gasteiger partial charge is 0.382 e. The summed E-state index contributed by atoms with van der Waals surface area (Å²) < 4.78 is 37.3. The molecule has 0 fully saturated rings. The minimum Gasteiger partial charge on any atom is -0.382 e. The lowest BCUT2D eigenvalue weighted by Crippen LogP contribution is -2.15. The summed E-state index contributed by atoms with van der Waals surface area (Å²) in [4.78, 5) is 13.7. The van der Waals surface area contributed by atoms with Crippen LogP contribution in [-0.4, -0.2) is 23.0 Å². The molecule has 1 aromatic carbocycles. The fraction of sp³-hybridized carbons (Fsp3) is 0.200. The molecule has 25 heavy (non-hydrogen) atoms. The van der Waals surface area contributed by atoms with Crippen LogP contribution in [-0.2, 0) is 6.18 Å². The zero-order valence-electron chi connectivity index (χ0n) is 12.7. The molecule has 10 heteroatoms. The zero-order valence-corrected chi connectivity index (χ0v) is 12.7. The first-order valence-corrected chi connectivity index (χ1v) is 7.01. The number of nitro benzene ring substituents is 1. The average molecular weight is 351 g/mol. The highest BCUT2D eigenvalue weighted by molar-refractivity contribution is 5.61. The largest absolute Gasteiger partial charge is 0.417 e. The van der Waals surface area contributed by atoms with Crippen LogP contribution in [0.15, 0.2) is 36.5 Å². The van der Waals surface area contributed by atoms with E-state index in [1.807, 2.05) is 6.07 Å². The van der Waals surface area contributed by atoms with Gasteiger partial charge in [-0.05, 0) is 18.2 Å². The van der Waals surface area contributed by atoms with Gasteiger partial charge in [-0.3, -0.25) is 10.1 Å². The molecule has 0 saturated carbocycles. The molecule has 2 aromatic rings. The molecule has 0 unspecified atom stereocenters. The standard InChI is InChI=1S/C15H12F3N5O2/c16-15(17,18)11-1-4-14(22-9-11)21-6-5-20-13-3-2-12(23(24)25)7-10(13)8-19/h1-4,7,9,20H,5-6H2,(H,21,22). The maximum absolute atomic E-state index is 12.4. The average Bonchev–Trinajstić information content (AvgIpc) is 2.58. The van der Waals surface area contributed by atoms with Gasteiger partial charge in [0, 0.05) is 31.4 Å². The van der Waals surface area contributed by atoms with E-state index in [0.29, 0.717) is 18.8 Å². The Morgan fingerprint density at radius 1 is 1.20 bits per heavy atom. The van der Waals surface area contributed by atoms with Gasteiger partial charge in [-0.25, -0.2) is 4.98 Å². The maximum Gasteiger partial charge on any atom is 0.417 e. The molecule has 0 aliphatic carbocycles. The molecule has 1 heterocycles. The summed E-state index contributed by atoms with van der Waals surface area (Å²) in [6.07, 6.45) is -3.70. The SMILES string of the molecule is N#Cc1cc([N+](=O)[O-])ccc1NCCNc1ccc(C(F)(F)F)cn1. The number of nitrogens with one attached hydrogen (secondary N) is 2. The molecule has 0 bridgehead atoms. The van der Waals surface area contributed by atoms with Crippen molar-refractivity contribution in [3.05, 3.63) is 57.8 Å². The molecule has 0 atom stereocenters. The first-order valence-electron chi connectivity index (χ1n) is 7.01. The van der Waals surface area contributed by atoms with Gasteiger partial charge in [-0.1, -0.05) is 0 Å². The Morgan fingerprint density at radius 2 is 1.92 bits per heavy atom. The lowest BCUT2D eigenvalue weighted by atomic mass is 10.1. The second-order valence-corrected chi connectivity index (χ2v) is 4.88. The number of nitriles is 1. The number of rotatable bonds is 6. The minimum absolute atomic E-state index is 0.127. The summed E-state index contributed by atoms with van der Waals surface area (Å²) in [5.74, 6) is 0.277. The van der Waals surface area contributed by atoms with Crippen molar-refractivity contribution in [3.63, 3.8) is 0 Å². The van der Waals surface area contributed by atoms with E-state index >= 15 is 0 Å². The van der Waals surface area contributed by atoms with Crippen molar-refractivity contribution in [2.45, 2.75) is 6.18 Å². The maximum atomic E-state index is 12.4. The molecule has 2 rings (SSSR count). The van der Waals surface area contributed by atoms with Crippen molar-refractivity contribution in [2.75, 3.05) is 23.7 Å². The third-order valence-corrected chi connectivity index (χ3v) is 3.17. The molecule has 2 N–H and O–H groups in total. The van der Waals surface area contributed by atoms with Gasteiger partial charge in [0.15, 0.2) is 0 Å². The topological polar surface area (TPSA) is 104 Å². The van der Waals surface area contributed by atoms with E-state index in [-0.39, 0.29) is 17.1 Å². The molecular formula is C15H12F3N5O2. The van der Waals surface area contributed by atoms with Crippen LogP contribution >= 0.6 is 0 Å². The van der Waals surface area contributed by atoms with Gasteiger partial charge >= 0.3 is 6.18 Å². The Kier molecular flexibility index (Phi) is 5.38. The van der Waals surface area contributed by atoms with Gasteiger partial charge in [0.25, 0.3) is 5.69 Å². The number of pyridine rings is 1. The summed E-state index contributed by atoms with van der Waals surface area (Å²) in [7, 11) is 0. The Hall–Kier alpha value is -3.35. The summed E-state index contributed by atoms with van der Waals surface area (Å²) in [6, 6.07) is 7.86. The number of hydrogen-bond donors (Lipinski definition) is 2. The van der Waals surface area contributed by atoms with Gasteiger partial charge in [-0.15, -0.1) is 0 Å². The summed E-state index contributed by atoms with van der Waals surface area (Å²) in [5.41, 5.74) is -0.466. The van der Waals surface area contributed by atoms with Gasteiger partial charge in [0.05, 0.1) is 21.7 Å². The van der Waals surface area contributed by atoms with Crippen LogP contribution in [0.4, 0.5) is 30.4 Å². The Bertz CT molecular complexity index is 800. The second-order valence-electron chi connectivity index (χ2n) is 4.88. The van der Waals surface area contributed by atoms with Crippen LogP contribution in [0.3, 0.4) is 0 Å². The van der Waals surface area contributed by atoms with Crippen LogP contribution in [0.5, 0.6) is 0 Å². The van der Waals surface area contributed by atoms with Crippen molar-refractivity contribution in [3.8, 4) is 6.07 Å². The number of nitrogens with zero attached hydrogens (tertiary/aromatic N) is 3. The van der Waals surface area contributed by atoms with Gasteiger partial charge in [-0.2, -0.15) is 18.4 Å². The van der Waals surface area contributed by atoms with E-state index < -0.39 is 16.7 Å². The van der Waals surface area contributed by atoms with Crippen molar-refractivity contribution in [1.82, 2.24) is 4.98 Å². The van der Waals surface area contributed by atoms with E-state index in [0.717, 1.165) is 18.3 Å². The number of anilines is 2. The van der Waals surface area contributed by atoms with Crippen molar-refractivity contribution < 1.29 is 18.1 Å². The number of benzene rings is 1. The highest BCUT2D eigenvalue weighted by atomic mass is 19.4. The molecule has 7 nitrogen and oxygen atoms in total. The molecule has 0 radical (unpaired) electrons. The second kappa shape index (κ2) is 7.48. The zero-order chi connectivity index (χ0) is 18.4. The first kappa shape index (κ1) is 18.0. The number of alkyl halides is 3. The summed E-state index contributed by atoms with van der Waals surface area (Å²) in [6.45, 7) is 0.648. The quantitative estimate of drug-likeness (QED) is 0.470. The van der Waals surface area contributed by atoms with Crippen LogP contribution in [0, 0.1) is 21.4 Å². The van der Waals surface area contributed by atoms with Gasteiger partial charge in [0.2, 0.25) is 0 Å². The van der Waals surface area contributed by atoms with E-state index in [4.69, 9.17) is 5.26 Å². The van der Waals surface area contributed by atoms with E-state index in [1.165, 1.54) is 18.2 Å². The number of non-ortho nitro benzene ring substituents is 1. The number of hydrogen-bond acceptors (Lipinski definition) is 6. The van der Waals surface area contributed by atoms with Gasteiger partial charge in [0.1, 0.15) is 11.9 Å². The normalized spacial score (nSPS) is 10.8. The molecule has 130 valence electrons. The molecule has 0 aliphatic heterocycles. The van der Waals surface area contributed by atoms with Gasteiger partial charge < -0.3 is 10.6 Å². The number of aromatic nitrogens is 1. The minimum atomic E-state index is -4.43. The fourth-order valence-corrected chi connectivity index (χ4v) is 1.95. The van der Waals surface area contributed by atoms with Crippen molar-refractivity contribution in [1.29, 1.82) is 5.26 Å². The molecular weight excluding hydrogens is 339 g/mol. The molecule has 0 aliphatic rings. The summed E-state index contributed by atoms with van der Waals surface area (Å²) in [5, 5.41) is 25.4. The monoisotopic (exact) mass is 351 g/mol. The van der Waals surface area contributed by atoms with E-state index in [9.17, 15) is 23.3 Å². The molecule has 0 spiro atoms. The predicted molar refractivity (Wildman–Crippen MR) is 84.0 cm³/mol. The van der Waals surface area contributed by atoms with Crippen LogP contribution in [0.2, 0.25) is 0 Å². The Balaban J connectivity index is 1.89. The van der Waals surface area contributed by atoms with E-state index in [2.05, 4.69) is 15.6 Å². The first-order chi connectivity index (χ1) is 11.8. The third kappa shape index (κ3) is 4.81. The third-order valence-electron chi connectivity index (χ3n) is 3.17. The van der Waals surface area contributed by atoms with E-state index in [1.54, 1.807) is 0 Å². The Morgan fingerprint density at radius 3 is 2.48 bits per heavy atom.